The van der Waals surface area contributed by atoms with Crippen molar-refractivity contribution < 1.29 is 32.2 Å². The topological polar surface area (TPSA) is 56.8 Å². The Labute approximate surface area is 452 Å². The van der Waals surface area contributed by atoms with E-state index >= 15 is 0 Å². The third-order valence-corrected chi connectivity index (χ3v) is 17.0. The fourth-order valence-corrected chi connectivity index (χ4v) is 13.3. The van der Waals surface area contributed by atoms with Gasteiger partial charge in [-0.05, 0) is 172 Å². The molecule has 1 aliphatic heterocycles. The zero-order valence-corrected chi connectivity index (χ0v) is 45.1. The van der Waals surface area contributed by atoms with Crippen LogP contribution in [0.5, 0.6) is 17.2 Å². The number of methoxy groups -OCH3 is 2. The minimum absolute atomic E-state index is 0.203. The van der Waals surface area contributed by atoms with Crippen LogP contribution in [0.15, 0.2) is 162 Å². The molecule has 1 heterocycles. The Hall–Kier alpha value is -7.10. The molecule has 0 unspecified atom stereocenters. The standard InChI is InChI=1S/C67H61BrF3NO4/c1-6-7-8-9-41-10-12-42(13-11-41)43-14-16-44(17-15-43)45-18-20-47(21-19-45)64(73)72-52-29-22-46(23-30-52)48-38-58-60-55-35-28-51(67(69,70)71)40-57(55)63-56(62(60)65(2,3)61(58)59(68)39-48)36-37-66(76-63,49-24-31-53(74-4)32-25-49)50-26-33-54(75-5)34-27-50/h14-42H,6-13H2,1-5H3,(H,72,73)/t41-,42-. The molecular formula is C67H61BrF3NO4. The van der Waals surface area contributed by atoms with E-state index in [-0.39, 0.29) is 5.91 Å². The first-order valence-corrected chi connectivity index (χ1v) is 27.3. The molecule has 0 radical (unpaired) electrons. The molecule has 386 valence electrons. The van der Waals surface area contributed by atoms with E-state index in [1.54, 1.807) is 20.3 Å². The van der Waals surface area contributed by atoms with E-state index < -0.39 is 22.8 Å². The first-order chi connectivity index (χ1) is 36.7. The van der Waals surface area contributed by atoms with Crippen LogP contribution in [-0.4, -0.2) is 20.1 Å². The molecule has 0 spiro atoms. The first-order valence-electron chi connectivity index (χ1n) is 26.5. The van der Waals surface area contributed by atoms with Crippen molar-refractivity contribution in [3.8, 4) is 50.6 Å². The lowest BCUT2D eigenvalue weighted by Gasteiger charge is -2.38. The van der Waals surface area contributed by atoms with Gasteiger partial charge in [-0.3, -0.25) is 4.79 Å². The third kappa shape index (κ3) is 9.39. The number of carbonyl (C=O) groups excluding carboxylic acids is 1. The Bertz CT molecular complexity index is 3440. The monoisotopic (exact) mass is 1080 g/mol. The summed E-state index contributed by atoms with van der Waals surface area (Å²) < 4.78 is 63.4. The fraction of sp³-hybridized carbons (Fsp3) is 0.269. The highest BCUT2D eigenvalue weighted by molar-refractivity contribution is 9.10. The molecule has 2 aliphatic carbocycles. The fourth-order valence-electron chi connectivity index (χ4n) is 12.3. The van der Waals surface area contributed by atoms with Crippen molar-refractivity contribution in [1.82, 2.24) is 0 Å². The molecule has 0 saturated heterocycles. The largest absolute Gasteiger partial charge is 0.497 e. The number of nitrogens with one attached hydrogen (secondary N) is 1. The highest BCUT2D eigenvalue weighted by Gasteiger charge is 2.46. The SMILES string of the molecule is CCCCC[C@H]1CC[C@H](c2ccc(-c3ccc(C(=O)Nc4ccc(-c5cc(Br)c6c(c5)-c5c(c7c(c8cc(C(F)(F)F)ccc58)OC(c5ccc(OC)cc5)(c5ccc(OC)cc5)C=C7)C6(C)C)cc4)cc3)cc2)CC1. The van der Waals surface area contributed by atoms with E-state index in [1.807, 2.05) is 109 Å². The maximum absolute atomic E-state index is 14.7. The molecule has 0 atom stereocenters. The van der Waals surface area contributed by atoms with Gasteiger partial charge in [0.15, 0.2) is 5.60 Å². The van der Waals surface area contributed by atoms with Crippen molar-refractivity contribution in [3.63, 3.8) is 0 Å². The number of fused-ring (bicyclic) bond motifs is 8. The van der Waals surface area contributed by atoms with Crippen LogP contribution < -0.4 is 19.5 Å². The lowest BCUT2D eigenvalue weighted by molar-refractivity contribution is -0.137. The van der Waals surface area contributed by atoms with E-state index in [2.05, 4.69) is 78.4 Å². The smallest absolute Gasteiger partial charge is 0.416 e. The van der Waals surface area contributed by atoms with Crippen LogP contribution in [-0.2, 0) is 17.2 Å². The Balaban J connectivity index is 0.877. The van der Waals surface area contributed by atoms with Gasteiger partial charge in [-0.2, -0.15) is 13.2 Å². The second-order valence-electron chi connectivity index (χ2n) is 21.3. The van der Waals surface area contributed by atoms with Crippen LogP contribution in [0.2, 0.25) is 0 Å². The summed E-state index contributed by atoms with van der Waals surface area (Å²) in [6.45, 7) is 6.59. The first kappa shape index (κ1) is 51.0. The Morgan fingerprint density at radius 3 is 1.87 bits per heavy atom. The molecule has 5 nitrogen and oxygen atoms in total. The predicted octanol–water partition coefficient (Wildman–Crippen LogP) is 18.7. The van der Waals surface area contributed by atoms with Crippen molar-refractivity contribution in [2.45, 2.75) is 95.2 Å². The van der Waals surface area contributed by atoms with Gasteiger partial charge >= 0.3 is 6.18 Å². The summed E-state index contributed by atoms with van der Waals surface area (Å²) in [5, 5.41) is 4.08. The summed E-state index contributed by atoms with van der Waals surface area (Å²) in [5.74, 6) is 3.01. The average molecular weight is 1080 g/mol. The number of anilines is 1. The quantitative estimate of drug-likeness (QED) is 0.117. The number of hydrogen-bond acceptors (Lipinski definition) is 4. The number of alkyl halides is 3. The van der Waals surface area contributed by atoms with E-state index in [0.29, 0.717) is 45.2 Å². The molecule has 76 heavy (non-hydrogen) atoms. The van der Waals surface area contributed by atoms with Gasteiger partial charge in [-0.1, -0.05) is 147 Å². The van der Waals surface area contributed by atoms with Crippen LogP contribution in [0.25, 0.3) is 50.2 Å². The number of hydrogen-bond donors (Lipinski definition) is 1. The summed E-state index contributed by atoms with van der Waals surface area (Å²) in [6.07, 6.45) is 10.0. The zero-order valence-electron chi connectivity index (χ0n) is 43.5. The summed E-state index contributed by atoms with van der Waals surface area (Å²) in [4.78, 5) is 13.6. The van der Waals surface area contributed by atoms with Crippen molar-refractivity contribution in [2.24, 2.45) is 5.92 Å². The summed E-state index contributed by atoms with van der Waals surface area (Å²) >= 11 is 3.98. The van der Waals surface area contributed by atoms with Crippen LogP contribution in [0.4, 0.5) is 18.9 Å². The van der Waals surface area contributed by atoms with Gasteiger partial charge in [-0.25, -0.2) is 0 Å². The average Bonchev–Trinajstić information content (AvgIpc) is 3.88. The van der Waals surface area contributed by atoms with Crippen LogP contribution in [0.1, 0.15) is 127 Å². The molecule has 8 aromatic rings. The Morgan fingerprint density at radius 2 is 1.28 bits per heavy atom. The van der Waals surface area contributed by atoms with Gasteiger partial charge in [0.05, 0.1) is 19.8 Å². The van der Waals surface area contributed by atoms with Gasteiger partial charge < -0.3 is 19.5 Å². The van der Waals surface area contributed by atoms with E-state index in [0.717, 1.165) is 77.7 Å². The molecule has 1 amide bonds. The second-order valence-corrected chi connectivity index (χ2v) is 22.2. The maximum Gasteiger partial charge on any atom is 0.416 e. The number of unbranched alkanes of at least 4 members (excludes halogenated alkanes) is 2. The molecule has 9 heteroatoms. The highest BCUT2D eigenvalue weighted by Crippen LogP contribution is 2.60. The third-order valence-electron chi connectivity index (χ3n) is 16.4. The second kappa shape index (κ2) is 20.5. The molecule has 0 aromatic heterocycles. The molecule has 3 aliphatic rings. The van der Waals surface area contributed by atoms with Crippen molar-refractivity contribution in [1.29, 1.82) is 0 Å². The van der Waals surface area contributed by atoms with E-state index in [1.165, 1.54) is 63.0 Å². The van der Waals surface area contributed by atoms with E-state index in [4.69, 9.17) is 14.2 Å². The van der Waals surface area contributed by atoms with Crippen LogP contribution >= 0.6 is 15.9 Å². The molecule has 1 N–H and O–H groups in total. The number of benzene rings is 8. The van der Waals surface area contributed by atoms with Gasteiger partial charge in [0.1, 0.15) is 17.2 Å². The number of carbonyl (C=O) groups is 1. The molecule has 8 aromatic carbocycles. The van der Waals surface area contributed by atoms with Gasteiger partial charge in [0.2, 0.25) is 0 Å². The summed E-state index contributed by atoms with van der Waals surface area (Å²) in [5.41, 5.74) is 10.1. The van der Waals surface area contributed by atoms with Crippen LogP contribution in [0.3, 0.4) is 0 Å². The Morgan fingerprint density at radius 1 is 0.684 bits per heavy atom. The number of amides is 1. The molecule has 1 fully saturated rings. The molecule has 1 saturated carbocycles. The number of ether oxygens (including phenoxy) is 3. The van der Waals surface area contributed by atoms with Gasteiger partial charge in [0.25, 0.3) is 5.91 Å². The molecular weight excluding hydrogens is 1020 g/mol. The van der Waals surface area contributed by atoms with Gasteiger partial charge in [-0.15, -0.1) is 0 Å². The highest BCUT2D eigenvalue weighted by atomic mass is 79.9. The molecule has 11 rings (SSSR count). The number of rotatable bonds is 13. The van der Waals surface area contributed by atoms with Crippen LogP contribution in [0, 0.1) is 5.92 Å². The molecule has 0 bridgehead atoms. The van der Waals surface area contributed by atoms with Crippen molar-refractivity contribution in [2.75, 3.05) is 19.5 Å². The number of halogens is 4. The summed E-state index contributed by atoms with van der Waals surface area (Å²) in [6, 6.07) is 47.8. The minimum Gasteiger partial charge on any atom is -0.497 e. The maximum atomic E-state index is 14.7. The summed E-state index contributed by atoms with van der Waals surface area (Å²) in [7, 11) is 3.20. The Kier molecular flexibility index (Phi) is 13.7. The predicted molar refractivity (Wildman–Crippen MR) is 305 cm³/mol. The van der Waals surface area contributed by atoms with Crippen molar-refractivity contribution in [3.05, 3.63) is 207 Å². The van der Waals surface area contributed by atoms with E-state index in [9.17, 15) is 18.0 Å². The lowest BCUT2D eigenvalue weighted by atomic mass is 9.76. The van der Waals surface area contributed by atoms with Gasteiger partial charge in [0, 0.05) is 43.2 Å². The zero-order chi connectivity index (χ0) is 52.9. The normalized spacial score (nSPS) is 17.1. The van der Waals surface area contributed by atoms with Crippen molar-refractivity contribution >= 4 is 44.4 Å². The lowest BCUT2D eigenvalue weighted by Crippen LogP contribution is -2.35. The minimum atomic E-state index is -4.60.